The molecule has 0 saturated heterocycles. The van der Waals surface area contributed by atoms with Gasteiger partial charge in [0.1, 0.15) is 0 Å². The summed E-state index contributed by atoms with van der Waals surface area (Å²) in [7, 11) is 3.67. The van der Waals surface area contributed by atoms with Crippen LogP contribution in [-0.2, 0) is 11.2 Å². The Morgan fingerprint density at radius 1 is 1.47 bits per heavy atom. The van der Waals surface area contributed by atoms with Crippen LogP contribution in [0.5, 0.6) is 0 Å². The maximum atomic E-state index is 5.70. The zero-order valence-corrected chi connectivity index (χ0v) is 10.8. The van der Waals surface area contributed by atoms with Gasteiger partial charge in [0.15, 0.2) is 0 Å². The average Bonchev–Trinajstić information content (AvgIpc) is 2.74. The maximum Gasteiger partial charge on any atom is 0.233 e. The molecule has 2 rings (SSSR count). The topological polar surface area (TPSA) is 60.2 Å². The van der Waals surface area contributed by atoms with Gasteiger partial charge in [-0.25, -0.2) is 0 Å². The molecule has 0 aliphatic heterocycles. The van der Waals surface area contributed by atoms with E-state index in [2.05, 4.69) is 22.4 Å². The van der Waals surface area contributed by atoms with Gasteiger partial charge in [0.05, 0.1) is 18.1 Å². The molecule has 17 heavy (non-hydrogen) atoms. The molecule has 96 valence electrons. The highest BCUT2D eigenvalue weighted by molar-refractivity contribution is 4.99. The zero-order valence-electron chi connectivity index (χ0n) is 10.8. The molecule has 0 bridgehead atoms. The summed E-state index contributed by atoms with van der Waals surface area (Å²) in [4.78, 5) is 0. The Bertz CT molecular complexity index is 351. The Labute approximate surface area is 102 Å². The summed E-state index contributed by atoms with van der Waals surface area (Å²) < 4.78 is 11.3. The van der Waals surface area contributed by atoms with Crippen LogP contribution in [0.15, 0.2) is 4.42 Å². The van der Waals surface area contributed by atoms with Crippen molar-refractivity contribution in [2.45, 2.75) is 50.7 Å². The van der Waals surface area contributed by atoms with Gasteiger partial charge in [0.25, 0.3) is 0 Å². The van der Waals surface area contributed by atoms with E-state index in [0.29, 0.717) is 11.8 Å². The summed E-state index contributed by atoms with van der Waals surface area (Å²) >= 11 is 0. The van der Waals surface area contributed by atoms with E-state index in [-0.39, 0.29) is 11.6 Å². The minimum atomic E-state index is -0.0504. The van der Waals surface area contributed by atoms with Crippen molar-refractivity contribution in [3.8, 4) is 0 Å². The molecule has 1 heterocycles. The van der Waals surface area contributed by atoms with Crippen molar-refractivity contribution < 1.29 is 9.15 Å². The Morgan fingerprint density at radius 3 is 2.71 bits per heavy atom. The first-order chi connectivity index (χ1) is 8.23. The quantitative estimate of drug-likeness (QED) is 0.821. The molecule has 0 spiro atoms. The van der Waals surface area contributed by atoms with E-state index in [9.17, 15) is 0 Å². The first-order valence-electron chi connectivity index (χ1n) is 6.27. The lowest BCUT2D eigenvalue weighted by molar-refractivity contribution is -0.0747. The fourth-order valence-corrected chi connectivity index (χ4v) is 2.28. The van der Waals surface area contributed by atoms with Gasteiger partial charge in [0.2, 0.25) is 11.8 Å². The normalized spacial score (nSPS) is 19.9. The number of aromatic nitrogens is 2. The summed E-state index contributed by atoms with van der Waals surface area (Å²) in [5.41, 5.74) is -0.0504. The molecule has 0 amide bonds. The van der Waals surface area contributed by atoms with Crippen LogP contribution in [0.1, 0.15) is 50.4 Å². The van der Waals surface area contributed by atoms with Crippen molar-refractivity contribution in [3.63, 3.8) is 0 Å². The molecule has 1 aliphatic rings. The molecule has 5 nitrogen and oxygen atoms in total. The van der Waals surface area contributed by atoms with Gasteiger partial charge in [-0.15, -0.1) is 10.2 Å². The molecule has 1 aliphatic carbocycles. The Balaban J connectivity index is 2.03. The zero-order chi connectivity index (χ0) is 12.3. The van der Waals surface area contributed by atoms with Gasteiger partial charge in [-0.1, -0.05) is 6.92 Å². The van der Waals surface area contributed by atoms with Crippen molar-refractivity contribution in [2.24, 2.45) is 0 Å². The van der Waals surface area contributed by atoms with Crippen molar-refractivity contribution in [2.75, 3.05) is 14.2 Å². The molecule has 0 aromatic carbocycles. The summed E-state index contributed by atoms with van der Waals surface area (Å²) in [6, 6.07) is 0.149. The summed E-state index contributed by atoms with van der Waals surface area (Å²) in [6.45, 7) is 2.09. The van der Waals surface area contributed by atoms with Crippen molar-refractivity contribution in [3.05, 3.63) is 11.8 Å². The highest BCUT2D eigenvalue weighted by Gasteiger charge is 2.38. The third-order valence-corrected chi connectivity index (χ3v) is 3.71. The second-order valence-corrected chi connectivity index (χ2v) is 4.70. The fraction of sp³-hybridized carbons (Fsp3) is 0.833. The standard InChI is InChI=1S/C12H21N3O2/c1-4-9(13-2)11-15-14-10(17-11)8-12(16-3)6-5-7-12/h9,13H,4-8H2,1-3H3. The predicted molar refractivity (Wildman–Crippen MR) is 63.7 cm³/mol. The number of methoxy groups -OCH3 is 1. The van der Waals surface area contributed by atoms with Crippen LogP contribution < -0.4 is 5.32 Å². The monoisotopic (exact) mass is 239 g/mol. The molecule has 1 aromatic rings. The lowest BCUT2D eigenvalue weighted by Gasteiger charge is -2.39. The minimum absolute atomic E-state index is 0.0504. The molecule has 1 unspecified atom stereocenters. The van der Waals surface area contributed by atoms with E-state index in [0.717, 1.165) is 25.7 Å². The number of nitrogens with one attached hydrogen (secondary N) is 1. The molecule has 5 heteroatoms. The smallest absolute Gasteiger partial charge is 0.233 e. The molecule has 1 atom stereocenters. The third kappa shape index (κ3) is 2.50. The summed E-state index contributed by atoms with van der Waals surface area (Å²) in [6.07, 6.45) is 5.07. The van der Waals surface area contributed by atoms with Crippen LogP contribution >= 0.6 is 0 Å². The van der Waals surface area contributed by atoms with Gasteiger partial charge in [-0.3, -0.25) is 0 Å². The van der Waals surface area contributed by atoms with Crippen LogP contribution in [0.4, 0.5) is 0 Å². The Hall–Kier alpha value is -0.940. The number of hydrogen-bond acceptors (Lipinski definition) is 5. The van der Waals surface area contributed by atoms with Crippen LogP contribution in [0.3, 0.4) is 0 Å². The largest absolute Gasteiger partial charge is 0.423 e. The molecular weight excluding hydrogens is 218 g/mol. The lowest BCUT2D eigenvalue weighted by Crippen LogP contribution is -2.41. The summed E-state index contributed by atoms with van der Waals surface area (Å²) in [5, 5.41) is 11.4. The van der Waals surface area contributed by atoms with Crippen molar-refractivity contribution in [1.29, 1.82) is 0 Å². The number of nitrogens with zero attached hydrogens (tertiary/aromatic N) is 2. The van der Waals surface area contributed by atoms with Crippen LogP contribution in [0.2, 0.25) is 0 Å². The first-order valence-corrected chi connectivity index (χ1v) is 6.27. The lowest BCUT2D eigenvalue weighted by atomic mass is 9.77. The number of hydrogen-bond donors (Lipinski definition) is 1. The predicted octanol–water partition coefficient (Wildman–Crippen LogP) is 1.85. The van der Waals surface area contributed by atoms with E-state index in [4.69, 9.17) is 9.15 Å². The highest BCUT2D eigenvalue weighted by Crippen LogP contribution is 2.37. The van der Waals surface area contributed by atoms with Gasteiger partial charge in [0, 0.05) is 7.11 Å². The van der Waals surface area contributed by atoms with Gasteiger partial charge in [-0.2, -0.15) is 0 Å². The molecule has 0 radical (unpaired) electrons. The third-order valence-electron chi connectivity index (χ3n) is 3.71. The van der Waals surface area contributed by atoms with E-state index < -0.39 is 0 Å². The highest BCUT2D eigenvalue weighted by atomic mass is 16.5. The van der Waals surface area contributed by atoms with Crippen molar-refractivity contribution >= 4 is 0 Å². The second kappa shape index (κ2) is 5.14. The van der Waals surface area contributed by atoms with Gasteiger partial charge in [-0.05, 0) is 32.7 Å². The molecule has 1 fully saturated rings. The van der Waals surface area contributed by atoms with Crippen molar-refractivity contribution in [1.82, 2.24) is 15.5 Å². The SMILES string of the molecule is CCC(NC)c1nnc(CC2(OC)CCC2)o1. The van der Waals surface area contributed by atoms with Crippen LogP contribution in [0, 0.1) is 0 Å². The Morgan fingerprint density at radius 2 is 2.24 bits per heavy atom. The van der Waals surface area contributed by atoms with E-state index in [1.807, 2.05) is 7.05 Å². The first kappa shape index (κ1) is 12.5. The number of rotatable bonds is 6. The molecule has 1 aromatic heterocycles. The minimum Gasteiger partial charge on any atom is -0.423 e. The van der Waals surface area contributed by atoms with E-state index >= 15 is 0 Å². The van der Waals surface area contributed by atoms with E-state index in [1.165, 1.54) is 6.42 Å². The molecular formula is C12H21N3O2. The van der Waals surface area contributed by atoms with Gasteiger partial charge >= 0.3 is 0 Å². The second-order valence-electron chi connectivity index (χ2n) is 4.70. The van der Waals surface area contributed by atoms with Crippen LogP contribution in [-0.4, -0.2) is 30.0 Å². The number of ether oxygens (including phenoxy) is 1. The summed E-state index contributed by atoms with van der Waals surface area (Å²) in [5.74, 6) is 1.37. The van der Waals surface area contributed by atoms with E-state index in [1.54, 1.807) is 7.11 Å². The molecule has 1 N–H and O–H groups in total. The van der Waals surface area contributed by atoms with Crippen LogP contribution in [0.25, 0.3) is 0 Å². The van der Waals surface area contributed by atoms with Gasteiger partial charge < -0.3 is 14.5 Å². The average molecular weight is 239 g/mol. The fourth-order valence-electron chi connectivity index (χ4n) is 2.28. The maximum absolute atomic E-state index is 5.70. The molecule has 1 saturated carbocycles. The Kier molecular flexibility index (Phi) is 3.79.